The second-order valence-electron chi connectivity index (χ2n) is 4.46. The van der Waals surface area contributed by atoms with Gasteiger partial charge in [-0.3, -0.25) is 9.69 Å². The molecule has 7 heteroatoms. The Balaban J connectivity index is 1.83. The second kappa shape index (κ2) is 7.01. The maximum absolute atomic E-state index is 11.9. The molecule has 1 saturated heterocycles. The molecule has 2 rings (SSSR count). The zero-order valence-electron chi connectivity index (χ0n) is 10.9. The Morgan fingerprint density at radius 3 is 3.20 bits per heavy atom. The molecule has 1 unspecified atom stereocenters. The summed E-state index contributed by atoms with van der Waals surface area (Å²) in [5.74, 6) is -0.126. The lowest BCUT2D eigenvalue weighted by Gasteiger charge is -2.31. The van der Waals surface area contributed by atoms with Gasteiger partial charge < -0.3 is 10.6 Å². The highest BCUT2D eigenvalue weighted by atomic mass is 32.1. The van der Waals surface area contributed by atoms with Crippen LogP contribution in [0.25, 0.3) is 0 Å². The molecular formula is C13H15N5OS. The van der Waals surface area contributed by atoms with Crippen LogP contribution in [0.4, 0.5) is 5.00 Å². The average molecular weight is 289 g/mol. The van der Waals surface area contributed by atoms with Gasteiger partial charge >= 0.3 is 0 Å². The number of hydrogen-bond donors (Lipinski definition) is 2. The molecule has 2 N–H and O–H groups in total. The lowest BCUT2D eigenvalue weighted by Crippen LogP contribution is -2.51. The van der Waals surface area contributed by atoms with E-state index in [9.17, 15) is 4.79 Å². The van der Waals surface area contributed by atoms with Crippen molar-refractivity contribution in [3.63, 3.8) is 0 Å². The van der Waals surface area contributed by atoms with Gasteiger partial charge in [0.1, 0.15) is 17.1 Å². The van der Waals surface area contributed by atoms with Gasteiger partial charge in [-0.1, -0.05) is 0 Å². The van der Waals surface area contributed by atoms with E-state index < -0.39 is 0 Å². The molecule has 6 nitrogen and oxygen atoms in total. The smallest absolute Gasteiger partial charge is 0.226 e. The number of anilines is 1. The molecule has 0 aromatic carbocycles. The first-order valence-electron chi connectivity index (χ1n) is 6.36. The number of rotatable bonds is 4. The van der Waals surface area contributed by atoms with Crippen LogP contribution in [0.3, 0.4) is 0 Å². The first kappa shape index (κ1) is 14.5. The van der Waals surface area contributed by atoms with E-state index in [-0.39, 0.29) is 11.9 Å². The number of thiophene rings is 1. The molecule has 0 bridgehead atoms. The highest BCUT2D eigenvalue weighted by Gasteiger charge is 2.22. The molecule has 1 atom stereocenters. The van der Waals surface area contributed by atoms with Crippen LogP contribution < -0.4 is 10.6 Å². The van der Waals surface area contributed by atoms with Crippen molar-refractivity contribution in [1.82, 2.24) is 10.2 Å². The van der Waals surface area contributed by atoms with Crippen LogP contribution in [-0.2, 0) is 4.79 Å². The minimum Gasteiger partial charge on any atom is -0.317 e. The van der Waals surface area contributed by atoms with Crippen molar-refractivity contribution in [3.8, 4) is 12.1 Å². The minimum absolute atomic E-state index is 0.126. The molecule has 1 fully saturated rings. The molecule has 104 valence electrons. The molecule has 0 aliphatic carbocycles. The largest absolute Gasteiger partial charge is 0.317 e. The maximum Gasteiger partial charge on any atom is 0.226 e. The van der Waals surface area contributed by atoms with Gasteiger partial charge in [0, 0.05) is 32.6 Å². The number of carbonyl (C=O) groups is 1. The first-order chi connectivity index (χ1) is 9.74. The molecule has 0 spiro atoms. The topological polar surface area (TPSA) is 91.9 Å². The Morgan fingerprint density at radius 1 is 1.60 bits per heavy atom. The standard InChI is InChI=1S/C13H15N5OS/c14-7-10-2-6-20-13(10)17-12(19)1-4-18-5-3-16-9-11(18)8-15/h2,6,11,16H,1,3-5,9H2,(H,17,19). The molecule has 1 aliphatic heterocycles. The van der Waals surface area contributed by atoms with Crippen LogP contribution in [0.15, 0.2) is 11.4 Å². The number of piperazine rings is 1. The first-order valence-corrected chi connectivity index (χ1v) is 7.24. The normalized spacial score (nSPS) is 19.0. The van der Waals surface area contributed by atoms with E-state index >= 15 is 0 Å². The summed E-state index contributed by atoms with van der Waals surface area (Å²) in [6, 6.07) is 5.78. The summed E-state index contributed by atoms with van der Waals surface area (Å²) in [7, 11) is 0. The lowest BCUT2D eigenvalue weighted by molar-refractivity contribution is -0.116. The molecule has 0 radical (unpaired) electrons. The van der Waals surface area contributed by atoms with Crippen molar-refractivity contribution in [1.29, 1.82) is 10.5 Å². The fraction of sp³-hybridized carbons (Fsp3) is 0.462. The summed E-state index contributed by atoms with van der Waals surface area (Å²) in [6.45, 7) is 2.80. The summed E-state index contributed by atoms with van der Waals surface area (Å²) in [4.78, 5) is 13.9. The Kier molecular flexibility index (Phi) is 5.08. The third-order valence-corrected chi connectivity index (χ3v) is 4.00. The number of nitrogens with one attached hydrogen (secondary N) is 2. The number of nitrogens with zero attached hydrogens (tertiary/aromatic N) is 3. The summed E-state index contributed by atoms with van der Waals surface area (Å²) < 4.78 is 0. The molecular weight excluding hydrogens is 274 g/mol. The molecule has 0 saturated carbocycles. The van der Waals surface area contributed by atoms with Crippen LogP contribution >= 0.6 is 11.3 Å². The molecule has 2 heterocycles. The van der Waals surface area contributed by atoms with Gasteiger partial charge in [0.05, 0.1) is 11.6 Å². The highest BCUT2D eigenvalue weighted by molar-refractivity contribution is 7.14. The van der Waals surface area contributed by atoms with Crippen LogP contribution in [0.1, 0.15) is 12.0 Å². The van der Waals surface area contributed by atoms with Crippen molar-refractivity contribution >= 4 is 22.2 Å². The Morgan fingerprint density at radius 2 is 2.45 bits per heavy atom. The molecule has 1 aliphatic rings. The lowest BCUT2D eigenvalue weighted by atomic mass is 10.2. The molecule has 1 aromatic heterocycles. The van der Waals surface area contributed by atoms with E-state index in [1.165, 1.54) is 11.3 Å². The maximum atomic E-state index is 11.9. The van der Waals surface area contributed by atoms with E-state index in [1.807, 2.05) is 11.0 Å². The predicted octanol–water partition coefficient (Wildman–Crippen LogP) is 0.746. The molecule has 1 amide bonds. The van der Waals surface area contributed by atoms with Crippen molar-refractivity contribution < 1.29 is 4.79 Å². The van der Waals surface area contributed by atoms with Crippen LogP contribution in [-0.4, -0.2) is 43.0 Å². The Labute approximate surface area is 121 Å². The number of carbonyl (C=O) groups excluding carboxylic acids is 1. The van der Waals surface area contributed by atoms with Gasteiger partial charge in [-0.15, -0.1) is 11.3 Å². The van der Waals surface area contributed by atoms with Gasteiger partial charge in [-0.25, -0.2) is 0 Å². The van der Waals surface area contributed by atoms with Crippen molar-refractivity contribution in [3.05, 3.63) is 17.0 Å². The molecule has 1 aromatic rings. The highest BCUT2D eigenvalue weighted by Crippen LogP contribution is 2.22. The number of nitriles is 2. The fourth-order valence-electron chi connectivity index (χ4n) is 2.07. The van der Waals surface area contributed by atoms with Gasteiger partial charge in [-0.05, 0) is 11.4 Å². The quantitative estimate of drug-likeness (QED) is 0.853. The summed E-state index contributed by atoms with van der Waals surface area (Å²) >= 11 is 1.34. The number of hydrogen-bond acceptors (Lipinski definition) is 6. The van der Waals surface area contributed by atoms with Crippen molar-refractivity contribution in [2.75, 3.05) is 31.5 Å². The van der Waals surface area contributed by atoms with E-state index in [4.69, 9.17) is 10.5 Å². The third-order valence-electron chi connectivity index (χ3n) is 3.17. The van der Waals surface area contributed by atoms with E-state index in [1.54, 1.807) is 11.4 Å². The fourth-order valence-corrected chi connectivity index (χ4v) is 2.82. The van der Waals surface area contributed by atoms with Gasteiger partial charge in [0.15, 0.2) is 0 Å². The zero-order valence-corrected chi connectivity index (χ0v) is 11.7. The van der Waals surface area contributed by atoms with Crippen LogP contribution in [0, 0.1) is 22.7 Å². The Hall–Kier alpha value is -1.93. The second-order valence-corrected chi connectivity index (χ2v) is 5.37. The monoisotopic (exact) mass is 289 g/mol. The van der Waals surface area contributed by atoms with Crippen LogP contribution in [0.2, 0.25) is 0 Å². The third kappa shape index (κ3) is 3.55. The van der Waals surface area contributed by atoms with Gasteiger partial charge in [0.25, 0.3) is 0 Å². The SMILES string of the molecule is N#Cc1ccsc1NC(=O)CCN1CCNCC1C#N. The zero-order chi connectivity index (χ0) is 14.4. The summed E-state index contributed by atoms with van der Waals surface area (Å²) in [5, 5.41) is 26.2. The summed E-state index contributed by atoms with van der Waals surface area (Å²) in [6.07, 6.45) is 0.320. The van der Waals surface area contributed by atoms with E-state index in [0.717, 1.165) is 13.1 Å². The summed E-state index contributed by atoms with van der Waals surface area (Å²) in [5.41, 5.74) is 0.487. The molecule has 20 heavy (non-hydrogen) atoms. The minimum atomic E-state index is -0.173. The Bertz CT molecular complexity index is 556. The van der Waals surface area contributed by atoms with E-state index in [2.05, 4.69) is 16.7 Å². The van der Waals surface area contributed by atoms with Crippen LogP contribution in [0.5, 0.6) is 0 Å². The average Bonchev–Trinajstić information content (AvgIpc) is 2.92. The van der Waals surface area contributed by atoms with Gasteiger partial charge in [0.2, 0.25) is 5.91 Å². The predicted molar refractivity (Wildman–Crippen MR) is 76.1 cm³/mol. The van der Waals surface area contributed by atoms with E-state index in [0.29, 0.717) is 30.1 Å². The van der Waals surface area contributed by atoms with Gasteiger partial charge in [-0.2, -0.15) is 10.5 Å². The number of amides is 1. The van der Waals surface area contributed by atoms with Crippen molar-refractivity contribution in [2.24, 2.45) is 0 Å². The van der Waals surface area contributed by atoms with Crippen molar-refractivity contribution in [2.45, 2.75) is 12.5 Å².